The third-order valence-corrected chi connectivity index (χ3v) is 0.743. The molecule has 0 aliphatic heterocycles. The molecule has 68 valence electrons. The molecule has 0 heterocycles. The minimum atomic E-state index is -4.64. The summed E-state index contributed by atoms with van der Waals surface area (Å²) in [5.41, 5.74) is 0. The van der Waals surface area contributed by atoms with Gasteiger partial charge in [0.1, 0.15) is 0 Å². The summed E-state index contributed by atoms with van der Waals surface area (Å²) in [6, 6.07) is 8.33. The Balaban J connectivity index is 0. The van der Waals surface area contributed by atoms with E-state index in [1.54, 1.807) is 12.1 Å². The van der Waals surface area contributed by atoms with Crippen LogP contribution in [0.5, 0.6) is 5.75 Å². The van der Waals surface area contributed by atoms with Crippen molar-refractivity contribution in [1.29, 1.82) is 0 Å². The standard InChI is InChI=1S/C6H6O.Na.H3O4P/c7-6-4-2-1-3-5-6;;1-5(2,3)4/h1-5,7H;;(H3,1,2,3,4)/q;+1;/p-1. The fourth-order valence-corrected chi connectivity index (χ4v) is 0.420. The van der Waals surface area contributed by atoms with Crippen molar-refractivity contribution in [1.82, 2.24) is 0 Å². The molecule has 0 aliphatic rings. The van der Waals surface area contributed by atoms with Gasteiger partial charge in [-0.1, -0.05) is 30.3 Å². The molecule has 0 atom stereocenters. The Kier molecular flexibility index (Phi) is 9.03. The van der Waals surface area contributed by atoms with Crippen LogP contribution in [0.25, 0.3) is 0 Å². The van der Waals surface area contributed by atoms with Crippen LogP contribution in [0.2, 0.25) is 0 Å². The number of benzene rings is 1. The van der Waals surface area contributed by atoms with Crippen LogP contribution in [0, 0.1) is 0 Å². The van der Waals surface area contributed by atoms with Crippen molar-refractivity contribution < 1.29 is 53.9 Å². The summed E-state index contributed by atoms with van der Waals surface area (Å²) >= 11 is 0. The molecule has 0 saturated carbocycles. The van der Waals surface area contributed by atoms with Gasteiger partial charge in [0, 0.05) is 0 Å². The first kappa shape index (κ1) is 15.6. The van der Waals surface area contributed by atoms with Crippen LogP contribution in [0.3, 0.4) is 0 Å². The predicted octanol–water partition coefficient (Wildman–Crippen LogP) is -3.16. The minimum Gasteiger partial charge on any atom is -0.872 e. The third kappa shape index (κ3) is 18.8. The first-order valence-corrected chi connectivity index (χ1v) is 4.46. The van der Waals surface area contributed by atoms with E-state index in [4.69, 9.17) is 19.2 Å². The maximum absolute atomic E-state index is 10.3. The van der Waals surface area contributed by atoms with Crippen LogP contribution in [0.1, 0.15) is 0 Å². The van der Waals surface area contributed by atoms with Crippen LogP contribution < -0.4 is 34.7 Å². The zero-order chi connectivity index (χ0) is 9.61. The smallest absolute Gasteiger partial charge is 0.872 e. The van der Waals surface area contributed by atoms with E-state index >= 15 is 0 Å². The molecule has 0 bridgehead atoms. The topological polar surface area (TPSA) is 101 Å². The van der Waals surface area contributed by atoms with Crippen LogP contribution in [-0.4, -0.2) is 14.7 Å². The van der Waals surface area contributed by atoms with E-state index in [-0.39, 0.29) is 35.3 Å². The molecule has 1 aromatic rings. The van der Waals surface area contributed by atoms with Gasteiger partial charge in [-0.15, -0.1) is 5.75 Å². The summed E-state index contributed by atoms with van der Waals surface area (Å²) in [6.45, 7) is 0. The van der Waals surface area contributed by atoms with Crippen molar-refractivity contribution in [3.05, 3.63) is 30.3 Å². The first-order valence-electron chi connectivity index (χ1n) is 2.90. The maximum Gasteiger partial charge on any atom is 1.00 e. The van der Waals surface area contributed by atoms with E-state index in [9.17, 15) is 5.11 Å². The zero-order valence-corrected chi connectivity index (χ0v) is 9.89. The second-order valence-electron chi connectivity index (χ2n) is 1.83. The van der Waals surface area contributed by atoms with Gasteiger partial charge in [0.05, 0.1) is 0 Å². The van der Waals surface area contributed by atoms with Gasteiger partial charge in [-0.3, -0.25) is 0 Å². The zero-order valence-electron chi connectivity index (χ0n) is 6.99. The van der Waals surface area contributed by atoms with E-state index < -0.39 is 7.82 Å². The second-order valence-corrected chi connectivity index (χ2v) is 2.85. The average Bonchev–Trinajstić information content (AvgIpc) is 1.85. The Morgan fingerprint density at radius 3 is 1.54 bits per heavy atom. The van der Waals surface area contributed by atoms with E-state index in [1.807, 2.05) is 6.07 Å². The molecule has 0 spiro atoms. The molecule has 1 aromatic carbocycles. The average molecular weight is 214 g/mol. The number of para-hydroxylation sites is 1. The summed E-state index contributed by atoms with van der Waals surface area (Å²) in [5.74, 6) is 0.0718. The van der Waals surface area contributed by atoms with Crippen molar-refractivity contribution in [3.63, 3.8) is 0 Å². The Morgan fingerprint density at radius 2 is 1.38 bits per heavy atom. The number of rotatable bonds is 0. The van der Waals surface area contributed by atoms with Crippen molar-refractivity contribution in [3.8, 4) is 5.75 Å². The van der Waals surface area contributed by atoms with E-state index in [1.165, 1.54) is 12.1 Å². The molecule has 3 N–H and O–H groups in total. The number of phosphoric acid groups is 1. The van der Waals surface area contributed by atoms with Crippen LogP contribution in [0.15, 0.2) is 30.3 Å². The van der Waals surface area contributed by atoms with Crippen LogP contribution in [0.4, 0.5) is 0 Å². The summed E-state index contributed by atoms with van der Waals surface area (Å²) in [7, 11) is -4.64. The predicted molar refractivity (Wildman–Crippen MR) is 40.2 cm³/mol. The van der Waals surface area contributed by atoms with Crippen LogP contribution in [-0.2, 0) is 4.57 Å². The maximum atomic E-state index is 10.3. The van der Waals surface area contributed by atoms with Crippen molar-refractivity contribution in [2.75, 3.05) is 0 Å². The Morgan fingerprint density at radius 1 is 1.08 bits per heavy atom. The van der Waals surface area contributed by atoms with Gasteiger partial charge < -0.3 is 19.8 Å². The fourth-order valence-electron chi connectivity index (χ4n) is 0.420. The fraction of sp³-hybridized carbons (Fsp3) is 0. The molecule has 0 fully saturated rings. The van der Waals surface area contributed by atoms with Gasteiger partial charge in [-0.25, -0.2) is 4.57 Å². The number of hydrogen-bond acceptors (Lipinski definition) is 2. The normalized spacial score (nSPS) is 9.15. The van der Waals surface area contributed by atoms with Crippen molar-refractivity contribution in [2.24, 2.45) is 0 Å². The number of hydrogen-bond donors (Lipinski definition) is 3. The molecule has 0 aliphatic carbocycles. The van der Waals surface area contributed by atoms with E-state index in [0.717, 1.165) is 0 Å². The van der Waals surface area contributed by atoms with Gasteiger partial charge in [0.2, 0.25) is 0 Å². The second kappa shape index (κ2) is 7.53. The molecule has 13 heavy (non-hydrogen) atoms. The molecule has 0 radical (unpaired) electrons. The Bertz CT molecular complexity index is 251. The largest absolute Gasteiger partial charge is 1.00 e. The Hall–Kier alpha value is 0.130. The first-order chi connectivity index (χ1) is 5.39. The summed E-state index contributed by atoms with van der Waals surface area (Å²) in [6.07, 6.45) is 0. The van der Waals surface area contributed by atoms with Gasteiger partial charge >= 0.3 is 37.4 Å². The molecule has 1 rings (SSSR count). The van der Waals surface area contributed by atoms with E-state index in [0.29, 0.717) is 0 Å². The minimum absolute atomic E-state index is 0. The van der Waals surface area contributed by atoms with Gasteiger partial charge in [-0.2, -0.15) is 0 Å². The Labute approximate surface area is 97.6 Å². The third-order valence-electron chi connectivity index (χ3n) is 0.743. The van der Waals surface area contributed by atoms with Crippen molar-refractivity contribution >= 4 is 7.82 Å². The quantitative estimate of drug-likeness (QED) is 0.312. The molecule has 0 amide bonds. The molecular formula is C6H8NaO5P. The van der Waals surface area contributed by atoms with Crippen LogP contribution >= 0.6 is 7.82 Å². The molecule has 0 aromatic heterocycles. The summed E-state index contributed by atoms with van der Waals surface area (Å²) in [5, 5.41) is 10.3. The molecular weight excluding hydrogens is 206 g/mol. The monoisotopic (exact) mass is 214 g/mol. The summed E-state index contributed by atoms with van der Waals surface area (Å²) in [4.78, 5) is 21.6. The van der Waals surface area contributed by atoms with Gasteiger partial charge in [0.25, 0.3) is 0 Å². The molecule has 7 heteroatoms. The molecule has 0 unspecified atom stereocenters. The molecule has 5 nitrogen and oxygen atoms in total. The molecule has 0 saturated heterocycles. The van der Waals surface area contributed by atoms with Gasteiger partial charge in [0.15, 0.2) is 0 Å². The van der Waals surface area contributed by atoms with Crippen molar-refractivity contribution in [2.45, 2.75) is 0 Å². The SMILES string of the molecule is O=P(O)(O)O.[Na+].[O-]c1ccccc1. The summed E-state index contributed by atoms with van der Waals surface area (Å²) < 4.78 is 8.88. The van der Waals surface area contributed by atoms with Gasteiger partial charge in [-0.05, 0) is 0 Å². The van der Waals surface area contributed by atoms with E-state index in [2.05, 4.69) is 0 Å².